The highest BCUT2D eigenvalue weighted by molar-refractivity contribution is 7.81. The Hall–Kier alpha value is -3.56. The number of ether oxygens (including phenoxy) is 4. The molecule has 0 fully saturated rings. The molecule has 54 heavy (non-hydrogen) atoms. The van der Waals surface area contributed by atoms with E-state index in [4.69, 9.17) is 18.9 Å². The molecule has 296 valence electrons. The first-order valence-corrected chi connectivity index (χ1v) is 21.1. The molecule has 4 aromatic carbocycles. The van der Waals surface area contributed by atoms with Gasteiger partial charge in [0.25, 0.3) is 0 Å². The van der Waals surface area contributed by atoms with Crippen molar-refractivity contribution >= 4 is 30.6 Å². The highest BCUT2D eigenvalue weighted by Crippen LogP contribution is 2.74. The third-order valence-corrected chi connectivity index (χ3v) is 14.0. The molecule has 0 unspecified atom stereocenters. The van der Waals surface area contributed by atoms with Gasteiger partial charge >= 0.3 is 7.87 Å². The van der Waals surface area contributed by atoms with E-state index < -0.39 is 7.87 Å². The van der Waals surface area contributed by atoms with Crippen LogP contribution in [0.25, 0.3) is 0 Å². The van der Waals surface area contributed by atoms with Crippen molar-refractivity contribution in [1.29, 1.82) is 0 Å². The number of unbranched alkanes of at least 4 members (excludes halogenated alkanes) is 4. The summed E-state index contributed by atoms with van der Waals surface area (Å²) < 4.78 is 34.0. The number of rotatable bonds is 24. The summed E-state index contributed by atoms with van der Waals surface area (Å²) in [5.41, 5.74) is 4.69. The molecule has 10 heteroatoms. The Balaban J connectivity index is 0.00000784. The van der Waals surface area contributed by atoms with Gasteiger partial charge in [-0.3, -0.25) is 0 Å². The maximum absolute atomic E-state index is 5.71. The quantitative estimate of drug-likeness (QED) is 0.0512. The summed E-state index contributed by atoms with van der Waals surface area (Å²) in [6.07, 6.45) is 8.41. The number of hydrogen-bond donors (Lipinski definition) is 0. The van der Waals surface area contributed by atoms with E-state index in [1.54, 1.807) is 28.4 Å². The smallest absolute Gasteiger partial charge is 0.405 e. The zero-order chi connectivity index (χ0) is 38.1. The number of methoxy groups -OCH3 is 4. The van der Waals surface area contributed by atoms with Gasteiger partial charge in [-0.15, -0.1) is 0 Å². The van der Waals surface area contributed by atoms with Crippen LogP contribution in [0.3, 0.4) is 0 Å². The number of nitrogens with zero attached hydrogens (tertiary/aromatic N) is 4. The van der Waals surface area contributed by atoms with E-state index in [1.165, 1.54) is 22.7 Å². The summed E-state index contributed by atoms with van der Waals surface area (Å²) >= 11 is 0. The fraction of sp³-hybridized carbons (Fsp3) is 0.455. The van der Waals surface area contributed by atoms with E-state index in [2.05, 4.69) is 143 Å². The van der Waals surface area contributed by atoms with Crippen molar-refractivity contribution in [3.05, 3.63) is 97.1 Å². The molecule has 0 heterocycles. The number of anilines is 4. The van der Waals surface area contributed by atoms with Gasteiger partial charge in [-0.25, -0.2) is 0 Å². The summed E-state index contributed by atoms with van der Waals surface area (Å²) in [5, 5.41) is 0. The molecule has 0 spiro atoms. The van der Waals surface area contributed by atoms with Crippen molar-refractivity contribution < 1.29 is 42.9 Å². The number of halogens is 1. The van der Waals surface area contributed by atoms with E-state index in [9.17, 15) is 0 Å². The van der Waals surface area contributed by atoms with Gasteiger partial charge in [-0.2, -0.15) is 18.7 Å². The average Bonchev–Trinajstić information content (AvgIpc) is 3.21. The molecule has 0 aromatic heterocycles. The molecule has 0 bridgehead atoms. The first-order valence-electron chi connectivity index (χ1n) is 19.5. The molecule has 0 radical (unpaired) electrons. The third-order valence-electron chi connectivity index (χ3n) is 9.67. The van der Waals surface area contributed by atoms with Gasteiger partial charge < -0.3 is 42.9 Å². The molecule has 0 amide bonds. The Labute approximate surface area is 344 Å². The molecule has 0 saturated carbocycles. The predicted octanol–water partition coefficient (Wildman–Crippen LogP) is 8.93. The monoisotopic (exact) mass is 870 g/mol. The van der Waals surface area contributed by atoms with Crippen LogP contribution in [-0.4, -0.2) is 54.6 Å². The van der Waals surface area contributed by atoms with Gasteiger partial charge in [0.1, 0.15) is 23.0 Å². The van der Waals surface area contributed by atoms with Crippen LogP contribution in [0.15, 0.2) is 97.1 Å². The minimum Gasteiger partial charge on any atom is -1.00 e. The maximum atomic E-state index is 5.71. The lowest BCUT2D eigenvalue weighted by Gasteiger charge is -2.53. The summed E-state index contributed by atoms with van der Waals surface area (Å²) in [6.45, 7) is 12.6. The molecular formula is C44H64IN4O4P. The molecule has 4 aromatic rings. The van der Waals surface area contributed by atoms with E-state index in [1.807, 2.05) is 0 Å². The van der Waals surface area contributed by atoms with Crippen molar-refractivity contribution in [2.75, 3.05) is 73.3 Å². The fourth-order valence-electron chi connectivity index (χ4n) is 6.70. The van der Waals surface area contributed by atoms with Crippen LogP contribution in [0, 0.1) is 0 Å². The van der Waals surface area contributed by atoms with Crippen LogP contribution in [0.1, 0.15) is 79.1 Å². The summed E-state index contributed by atoms with van der Waals surface area (Å²) in [4.78, 5) is 0. The summed E-state index contributed by atoms with van der Waals surface area (Å²) in [5.74, 6) is 3.40. The SMILES string of the molecule is CCCCN(c1ccc(OC)cc1)[P+](N(CCCC)c1ccc(OC)cc1)(N(CCCC)c1ccc(OC)cc1)N(CCCC)c1ccc(OC)cc1.[I-]. The zero-order valence-electron chi connectivity index (χ0n) is 34.0. The maximum Gasteiger partial charge on any atom is 0.405 e. The minimum atomic E-state index is -2.87. The third kappa shape index (κ3) is 10.8. The average molecular weight is 871 g/mol. The number of hydrogen-bond acceptors (Lipinski definition) is 8. The topological polar surface area (TPSA) is 49.9 Å². The fourth-order valence-corrected chi connectivity index (χ4v) is 11.7. The highest BCUT2D eigenvalue weighted by Gasteiger charge is 2.63. The minimum absolute atomic E-state index is 0. The molecule has 0 aliphatic heterocycles. The van der Waals surface area contributed by atoms with Crippen LogP contribution in [0.5, 0.6) is 23.0 Å². The molecule has 0 aliphatic carbocycles. The van der Waals surface area contributed by atoms with Crippen LogP contribution in [0.2, 0.25) is 0 Å². The molecule has 0 atom stereocenters. The van der Waals surface area contributed by atoms with Gasteiger partial charge in [-0.1, -0.05) is 53.4 Å². The standard InChI is InChI=1S/C44H64N4O4P.HI/c1-9-13-33-45(37-17-25-41(49-5)26-18-37)53(46(34-14-10-2)38-19-27-42(50-6)28-20-38,47(35-15-11-3)39-21-29-43(51-7)30-22-39)48(36-16-12-4)40-23-31-44(52-8)32-24-40;/h17-32H,9-16,33-36H2,1-8H3;1H/q+1;/p-1. The van der Waals surface area contributed by atoms with Crippen LogP contribution >= 0.6 is 7.87 Å². The first-order chi connectivity index (χ1) is 25.9. The second-order valence-corrected chi connectivity index (χ2v) is 16.2. The van der Waals surface area contributed by atoms with E-state index in [0.29, 0.717) is 0 Å². The Morgan fingerprint density at radius 1 is 0.352 bits per heavy atom. The van der Waals surface area contributed by atoms with Gasteiger partial charge in [0.05, 0.1) is 77.4 Å². The van der Waals surface area contributed by atoms with Crippen LogP contribution in [0.4, 0.5) is 22.7 Å². The number of benzene rings is 4. The van der Waals surface area contributed by atoms with Crippen LogP contribution < -0.4 is 61.6 Å². The molecule has 8 nitrogen and oxygen atoms in total. The Bertz CT molecular complexity index is 1350. The van der Waals surface area contributed by atoms with Gasteiger partial charge in [0, 0.05) is 0 Å². The highest BCUT2D eigenvalue weighted by atomic mass is 127. The van der Waals surface area contributed by atoms with Crippen molar-refractivity contribution in [3.8, 4) is 23.0 Å². The normalized spacial score (nSPS) is 11.0. The van der Waals surface area contributed by atoms with Gasteiger partial charge in [-0.05, 0) is 123 Å². The Morgan fingerprint density at radius 2 is 0.537 bits per heavy atom. The Morgan fingerprint density at radius 3 is 0.685 bits per heavy atom. The molecule has 4 rings (SSSR count). The van der Waals surface area contributed by atoms with Crippen molar-refractivity contribution in [2.45, 2.75) is 79.1 Å². The summed E-state index contributed by atoms with van der Waals surface area (Å²) in [7, 11) is 4.09. The van der Waals surface area contributed by atoms with E-state index >= 15 is 0 Å². The van der Waals surface area contributed by atoms with Crippen molar-refractivity contribution in [3.63, 3.8) is 0 Å². The lowest BCUT2D eigenvalue weighted by Crippen LogP contribution is -3.00. The second-order valence-electron chi connectivity index (χ2n) is 13.2. The van der Waals surface area contributed by atoms with E-state index in [-0.39, 0.29) is 24.0 Å². The molecule has 0 saturated heterocycles. The van der Waals surface area contributed by atoms with Crippen molar-refractivity contribution in [1.82, 2.24) is 0 Å². The second kappa shape index (κ2) is 23.4. The lowest BCUT2D eigenvalue weighted by molar-refractivity contribution is -0.0000122. The molecular weight excluding hydrogens is 806 g/mol. The molecule has 0 aliphatic rings. The predicted molar refractivity (Wildman–Crippen MR) is 228 cm³/mol. The van der Waals surface area contributed by atoms with Crippen molar-refractivity contribution in [2.24, 2.45) is 0 Å². The van der Waals surface area contributed by atoms with Gasteiger partial charge in [0.15, 0.2) is 0 Å². The van der Waals surface area contributed by atoms with Gasteiger partial charge in [0.2, 0.25) is 0 Å². The largest absolute Gasteiger partial charge is 1.00 e. The zero-order valence-corrected chi connectivity index (χ0v) is 37.0. The van der Waals surface area contributed by atoms with E-state index in [0.717, 1.165) is 101 Å². The van der Waals surface area contributed by atoms with Crippen LogP contribution in [-0.2, 0) is 0 Å². The lowest BCUT2D eigenvalue weighted by atomic mass is 10.2. The summed E-state index contributed by atoms with van der Waals surface area (Å²) in [6, 6.07) is 34.9. The molecule has 0 N–H and O–H groups in total. The first kappa shape index (κ1) is 44.8. The Kier molecular flexibility index (Phi) is 19.4.